The molecular weight excluding hydrogens is 472 g/mol. The first kappa shape index (κ1) is 29.9. The van der Waals surface area contributed by atoms with Crippen LogP contribution in [-0.4, -0.2) is 108 Å². The Kier molecular flexibility index (Phi) is 10.7. The molecule has 0 bridgehead atoms. The summed E-state index contributed by atoms with van der Waals surface area (Å²) in [5, 5.41) is 0. The van der Waals surface area contributed by atoms with Gasteiger partial charge in [-0.2, -0.15) is 0 Å². The second-order valence-electron chi connectivity index (χ2n) is 11.2. The Labute approximate surface area is 215 Å². The van der Waals surface area contributed by atoms with Gasteiger partial charge in [0.05, 0.1) is 78.1 Å². The van der Waals surface area contributed by atoms with Gasteiger partial charge in [-0.15, -0.1) is 6.58 Å². The van der Waals surface area contributed by atoms with Gasteiger partial charge in [-0.05, 0) is 41.5 Å². The van der Waals surface area contributed by atoms with Crippen molar-refractivity contribution in [2.75, 3.05) is 72.7 Å². The number of hydrogen-bond acceptors (Lipinski definition) is 10. The van der Waals surface area contributed by atoms with Crippen LogP contribution in [0.1, 0.15) is 41.5 Å². The monoisotopic (exact) mass is 518 g/mol. The summed E-state index contributed by atoms with van der Waals surface area (Å²) in [6.07, 6.45) is 1.32. The van der Waals surface area contributed by atoms with E-state index in [9.17, 15) is 0 Å². The number of ether oxygens (including phenoxy) is 10. The highest BCUT2D eigenvalue weighted by Crippen LogP contribution is 2.27. The standard InChI is InChI=1S/C26H46O10/c1-8-9-27-16-26(17-28-10-20-13-31-23(2,3)34-20,18-29-11-21-14-32-24(4,5)35-21)19-30-12-22-15-33-25(6,7)36-22/h8,20-22H,1,9-19H2,2-7H3. The Morgan fingerprint density at radius 2 is 0.972 bits per heavy atom. The molecule has 0 aromatic heterocycles. The Bertz CT molecular complexity index is 601. The fourth-order valence-corrected chi connectivity index (χ4v) is 4.36. The number of hydrogen-bond donors (Lipinski definition) is 0. The molecule has 0 aliphatic carbocycles. The minimum absolute atomic E-state index is 0.133. The van der Waals surface area contributed by atoms with Gasteiger partial charge in [0.2, 0.25) is 0 Å². The van der Waals surface area contributed by atoms with Gasteiger partial charge in [0, 0.05) is 0 Å². The maximum absolute atomic E-state index is 6.14. The summed E-state index contributed by atoms with van der Waals surface area (Å²) in [6.45, 7) is 19.6. The van der Waals surface area contributed by atoms with Crippen molar-refractivity contribution in [3.63, 3.8) is 0 Å². The molecule has 10 nitrogen and oxygen atoms in total. The summed E-state index contributed by atoms with van der Waals surface area (Å²) >= 11 is 0. The SMILES string of the molecule is C=CCOCC(COCC1COC(C)(C)O1)(COCC1COC(C)(C)O1)COCC1COC(C)(C)O1. The van der Waals surface area contributed by atoms with Gasteiger partial charge in [0.15, 0.2) is 17.4 Å². The quantitative estimate of drug-likeness (QED) is 0.224. The van der Waals surface area contributed by atoms with E-state index in [0.717, 1.165) is 0 Å². The molecule has 3 aliphatic heterocycles. The van der Waals surface area contributed by atoms with E-state index in [2.05, 4.69) is 6.58 Å². The van der Waals surface area contributed by atoms with Crippen LogP contribution >= 0.6 is 0 Å². The molecule has 0 aromatic carbocycles. The van der Waals surface area contributed by atoms with Crippen molar-refractivity contribution in [3.8, 4) is 0 Å². The van der Waals surface area contributed by atoms with Crippen molar-refractivity contribution < 1.29 is 47.4 Å². The van der Waals surface area contributed by atoms with E-state index in [1.165, 1.54) is 0 Å². The van der Waals surface area contributed by atoms with Gasteiger partial charge < -0.3 is 47.4 Å². The minimum Gasteiger partial charge on any atom is -0.378 e. The first-order valence-electron chi connectivity index (χ1n) is 12.8. The number of rotatable bonds is 16. The van der Waals surface area contributed by atoms with Crippen LogP contribution in [-0.2, 0) is 47.4 Å². The van der Waals surface area contributed by atoms with E-state index in [-0.39, 0.29) is 18.3 Å². The zero-order valence-electron chi connectivity index (χ0n) is 22.9. The molecule has 3 rings (SSSR count). The van der Waals surface area contributed by atoms with Gasteiger partial charge in [0.1, 0.15) is 18.3 Å². The Morgan fingerprint density at radius 3 is 1.25 bits per heavy atom. The molecule has 0 saturated carbocycles. The average Bonchev–Trinajstić information content (AvgIpc) is 3.43. The smallest absolute Gasteiger partial charge is 0.163 e. The van der Waals surface area contributed by atoms with Crippen LogP contribution in [0.5, 0.6) is 0 Å². The van der Waals surface area contributed by atoms with E-state index >= 15 is 0 Å². The van der Waals surface area contributed by atoms with E-state index in [0.29, 0.717) is 72.7 Å². The van der Waals surface area contributed by atoms with Crippen molar-refractivity contribution in [3.05, 3.63) is 12.7 Å². The molecule has 36 heavy (non-hydrogen) atoms. The Morgan fingerprint density at radius 1 is 0.639 bits per heavy atom. The predicted molar refractivity (Wildman–Crippen MR) is 131 cm³/mol. The molecule has 3 unspecified atom stereocenters. The summed E-state index contributed by atoms with van der Waals surface area (Å²) in [5.74, 6) is -1.80. The molecule has 0 N–H and O–H groups in total. The van der Waals surface area contributed by atoms with Crippen LogP contribution in [0, 0.1) is 5.41 Å². The molecule has 3 saturated heterocycles. The summed E-state index contributed by atoms with van der Waals surface area (Å²) in [4.78, 5) is 0. The van der Waals surface area contributed by atoms with Gasteiger partial charge in [-0.25, -0.2) is 0 Å². The zero-order chi connectivity index (χ0) is 26.3. The Balaban J connectivity index is 1.58. The fourth-order valence-electron chi connectivity index (χ4n) is 4.36. The molecule has 0 aromatic rings. The van der Waals surface area contributed by atoms with Crippen LogP contribution in [0.15, 0.2) is 12.7 Å². The molecule has 3 fully saturated rings. The zero-order valence-corrected chi connectivity index (χ0v) is 22.9. The maximum Gasteiger partial charge on any atom is 0.163 e. The first-order valence-corrected chi connectivity index (χ1v) is 12.8. The first-order chi connectivity index (χ1) is 16.9. The third-order valence-corrected chi connectivity index (χ3v) is 5.98. The molecule has 10 heteroatoms. The van der Waals surface area contributed by atoms with E-state index in [1.807, 2.05) is 41.5 Å². The predicted octanol–water partition coefficient (Wildman–Crippen LogP) is 2.68. The van der Waals surface area contributed by atoms with Gasteiger partial charge in [0.25, 0.3) is 0 Å². The lowest BCUT2D eigenvalue weighted by molar-refractivity contribution is -0.163. The highest BCUT2D eigenvalue weighted by atomic mass is 16.8. The minimum atomic E-state index is -0.599. The fraction of sp³-hybridized carbons (Fsp3) is 0.923. The molecule has 210 valence electrons. The largest absolute Gasteiger partial charge is 0.378 e. The van der Waals surface area contributed by atoms with Crippen molar-refractivity contribution in [2.45, 2.75) is 77.2 Å². The van der Waals surface area contributed by atoms with E-state index < -0.39 is 22.8 Å². The van der Waals surface area contributed by atoms with E-state index in [4.69, 9.17) is 47.4 Å². The molecule has 3 atom stereocenters. The van der Waals surface area contributed by atoms with E-state index in [1.54, 1.807) is 6.08 Å². The molecule has 0 amide bonds. The summed E-state index contributed by atoms with van der Waals surface area (Å²) in [6, 6.07) is 0. The van der Waals surface area contributed by atoms with Crippen LogP contribution in [0.4, 0.5) is 0 Å². The third kappa shape index (κ3) is 9.90. The van der Waals surface area contributed by atoms with Crippen LogP contribution in [0.2, 0.25) is 0 Å². The van der Waals surface area contributed by atoms with Gasteiger partial charge in [-0.3, -0.25) is 0 Å². The maximum atomic E-state index is 6.14. The summed E-state index contributed by atoms with van der Waals surface area (Å²) in [7, 11) is 0. The van der Waals surface area contributed by atoms with Crippen molar-refractivity contribution >= 4 is 0 Å². The average molecular weight is 519 g/mol. The normalized spacial score (nSPS) is 30.4. The van der Waals surface area contributed by atoms with Crippen molar-refractivity contribution in [1.29, 1.82) is 0 Å². The topological polar surface area (TPSA) is 92.3 Å². The molecule has 0 radical (unpaired) electrons. The lowest BCUT2D eigenvalue weighted by atomic mass is 9.92. The molecule has 3 aliphatic rings. The second-order valence-corrected chi connectivity index (χ2v) is 11.2. The highest BCUT2D eigenvalue weighted by Gasteiger charge is 2.38. The summed E-state index contributed by atoms with van der Waals surface area (Å²) < 4.78 is 58.9. The third-order valence-electron chi connectivity index (χ3n) is 5.98. The second kappa shape index (κ2) is 12.9. The molecule has 3 heterocycles. The Hall–Kier alpha value is -0.660. The van der Waals surface area contributed by atoms with Crippen molar-refractivity contribution in [1.82, 2.24) is 0 Å². The van der Waals surface area contributed by atoms with Gasteiger partial charge >= 0.3 is 0 Å². The lowest BCUT2D eigenvalue weighted by Gasteiger charge is -2.34. The molecular formula is C26H46O10. The van der Waals surface area contributed by atoms with Crippen LogP contribution in [0.3, 0.4) is 0 Å². The van der Waals surface area contributed by atoms with Crippen LogP contribution in [0.25, 0.3) is 0 Å². The van der Waals surface area contributed by atoms with Crippen molar-refractivity contribution in [2.24, 2.45) is 5.41 Å². The van der Waals surface area contributed by atoms with Crippen LogP contribution < -0.4 is 0 Å². The van der Waals surface area contributed by atoms with Gasteiger partial charge in [-0.1, -0.05) is 6.08 Å². The highest BCUT2D eigenvalue weighted by molar-refractivity contribution is 4.82. The lowest BCUT2D eigenvalue weighted by Crippen LogP contribution is -2.44. The summed E-state index contributed by atoms with van der Waals surface area (Å²) in [5.41, 5.74) is -0.568. The molecule has 0 spiro atoms.